The van der Waals surface area contributed by atoms with Gasteiger partial charge in [0.05, 0.1) is 7.11 Å². The number of nitrogen functional groups attached to an aromatic ring is 1. The van der Waals surface area contributed by atoms with Crippen molar-refractivity contribution < 1.29 is 27.8 Å². The molecule has 0 aliphatic rings. The number of nitrogens with one attached hydrogen (secondary N) is 1. The van der Waals surface area contributed by atoms with Crippen LogP contribution in [-0.2, 0) is 4.79 Å². The molecule has 0 spiro atoms. The van der Waals surface area contributed by atoms with E-state index in [-0.39, 0.29) is 5.95 Å². The van der Waals surface area contributed by atoms with Crippen LogP contribution in [0.4, 0.5) is 30.6 Å². The fourth-order valence-electron chi connectivity index (χ4n) is 2.45. The molecule has 1 aromatic heterocycles. The molecule has 0 aliphatic carbocycles. The number of carboxylic acids is 1. The molecule has 0 fully saturated rings. The van der Waals surface area contributed by atoms with Gasteiger partial charge in [0.2, 0.25) is 5.95 Å². The van der Waals surface area contributed by atoms with Crippen molar-refractivity contribution in [3.05, 3.63) is 60.3 Å². The summed E-state index contributed by atoms with van der Waals surface area (Å²) in [6, 6.07) is 17.8. The molecule has 1 heterocycles. The first-order valence-electron chi connectivity index (χ1n) is 8.52. The fraction of sp³-hybridized carbons (Fsp3) is 0.150. The van der Waals surface area contributed by atoms with Crippen LogP contribution in [-0.4, -0.2) is 34.3 Å². The summed E-state index contributed by atoms with van der Waals surface area (Å²) < 4.78 is 37.2. The summed E-state index contributed by atoms with van der Waals surface area (Å²) in [7, 11) is 1.67. The number of carboxylic acid groups (broad SMARTS) is 1. The number of para-hydroxylation sites is 1. The summed E-state index contributed by atoms with van der Waals surface area (Å²) >= 11 is 0. The Kier molecular flexibility index (Phi) is 7.18. The minimum absolute atomic E-state index is 0.258. The van der Waals surface area contributed by atoms with Gasteiger partial charge in [-0.2, -0.15) is 18.2 Å². The number of halogens is 3. The summed E-state index contributed by atoms with van der Waals surface area (Å²) in [5.74, 6) is -0.986. The van der Waals surface area contributed by atoms with Crippen molar-refractivity contribution in [2.45, 2.75) is 13.1 Å². The zero-order valence-electron chi connectivity index (χ0n) is 16.1. The zero-order valence-corrected chi connectivity index (χ0v) is 16.1. The van der Waals surface area contributed by atoms with Gasteiger partial charge in [0.1, 0.15) is 11.6 Å². The van der Waals surface area contributed by atoms with Crippen LogP contribution >= 0.6 is 0 Å². The first kappa shape index (κ1) is 22.5. The average Bonchev–Trinajstić information content (AvgIpc) is 2.67. The maximum Gasteiger partial charge on any atom is 0.490 e. The number of hydrogen-bond donors (Lipinski definition) is 3. The Morgan fingerprint density at radius 3 is 2.37 bits per heavy atom. The molecule has 4 N–H and O–H groups in total. The molecule has 7 nitrogen and oxygen atoms in total. The average molecular weight is 420 g/mol. The fourth-order valence-corrected chi connectivity index (χ4v) is 2.45. The number of hydrogen-bond acceptors (Lipinski definition) is 6. The predicted octanol–water partition coefficient (Wildman–Crippen LogP) is 4.42. The van der Waals surface area contributed by atoms with Crippen LogP contribution in [0, 0.1) is 6.92 Å². The molecule has 0 bridgehead atoms. The molecule has 2 aromatic carbocycles. The van der Waals surface area contributed by atoms with Gasteiger partial charge < -0.3 is 20.9 Å². The van der Waals surface area contributed by atoms with Gasteiger partial charge in [-0.15, -0.1) is 0 Å². The molecule has 0 unspecified atom stereocenters. The lowest BCUT2D eigenvalue weighted by Gasteiger charge is -2.11. The topological polar surface area (TPSA) is 110 Å². The zero-order chi connectivity index (χ0) is 22.3. The van der Waals surface area contributed by atoms with E-state index >= 15 is 0 Å². The first-order chi connectivity index (χ1) is 14.1. The Hall–Kier alpha value is -3.82. The van der Waals surface area contributed by atoms with E-state index < -0.39 is 12.1 Å². The van der Waals surface area contributed by atoms with Gasteiger partial charge >= 0.3 is 12.1 Å². The van der Waals surface area contributed by atoms with E-state index in [1.165, 1.54) is 0 Å². The van der Waals surface area contributed by atoms with Gasteiger partial charge in [-0.25, -0.2) is 9.78 Å². The molecule has 3 rings (SSSR count). The van der Waals surface area contributed by atoms with E-state index in [4.69, 9.17) is 20.4 Å². The standard InChI is InChI=1S/C18H18N4O.C2HF3O2/c1-12-10-17(22-18(19)20-12)21-14-7-5-6-13(11-14)15-8-3-4-9-16(15)23-2;3-2(4,5)1(6)7/h3-11H,1-2H3,(H3,19,20,21,22);(H,6,7). The number of ether oxygens (including phenoxy) is 1. The maximum absolute atomic E-state index is 10.6. The van der Waals surface area contributed by atoms with E-state index in [1.807, 2.05) is 61.5 Å². The van der Waals surface area contributed by atoms with Crippen LogP contribution in [0.1, 0.15) is 5.69 Å². The minimum atomic E-state index is -5.08. The number of nitrogens with two attached hydrogens (primary N) is 1. The highest BCUT2D eigenvalue weighted by Gasteiger charge is 2.38. The Morgan fingerprint density at radius 2 is 1.77 bits per heavy atom. The highest BCUT2D eigenvalue weighted by molar-refractivity contribution is 5.74. The van der Waals surface area contributed by atoms with Crippen LogP contribution in [0.2, 0.25) is 0 Å². The van der Waals surface area contributed by atoms with Gasteiger partial charge in [-0.05, 0) is 30.7 Å². The monoisotopic (exact) mass is 420 g/mol. The lowest BCUT2D eigenvalue weighted by Crippen LogP contribution is -2.21. The maximum atomic E-state index is 10.6. The molecular formula is C20H19F3N4O3. The molecule has 0 saturated carbocycles. The van der Waals surface area contributed by atoms with Gasteiger partial charge in [-0.1, -0.05) is 30.3 Å². The summed E-state index contributed by atoms with van der Waals surface area (Å²) in [6.07, 6.45) is -5.08. The Balaban J connectivity index is 0.000000396. The quantitative estimate of drug-likeness (QED) is 0.573. The predicted molar refractivity (Wildman–Crippen MR) is 107 cm³/mol. The number of anilines is 3. The Labute approximate surface area is 170 Å². The van der Waals surface area contributed by atoms with Crippen LogP contribution in [0.15, 0.2) is 54.6 Å². The molecule has 0 aliphatic heterocycles. The highest BCUT2D eigenvalue weighted by atomic mass is 19.4. The molecular weight excluding hydrogens is 401 g/mol. The second kappa shape index (κ2) is 9.59. The molecule has 0 amide bonds. The van der Waals surface area contributed by atoms with E-state index in [0.717, 1.165) is 28.3 Å². The van der Waals surface area contributed by atoms with Gasteiger partial charge in [0, 0.05) is 23.0 Å². The number of carbonyl (C=O) groups is 1. The van der Waals surface area contributed by atoms with E-state index in [0.29, 0.717) is 5.82 Å². The van der Waals surface area contributed by atoms with E-state index in [9.17, 15) is 13.2 Å². The smallest absolute Gasteiger partial charge is 0.490 e. The number of rotatable bonds is 4. The Bertz CT molecular complexity index is 1010. The number of aryl methyl sites for hydroxylation is 1. The van der Waals surface area contributed by atoms with Crippen molar-refractivity contribution in [1.29, 1.82) is 0 Å². The molecule has 0 saturated heterocycles. The minimum Gasteiger partial charge on any atom is -0.496 e. The van der Waals surface area contributed by atoms with Crippen LogP contribution in [0.3, 0.4) is 0 Å². The van der Waals surface area contributed by atoms with Crippen LogP contribution in [0.25, 0.3) is 11.1 Å². The molecule has 10 heteroatoms. The van der Waals surface area contributed by atoms with Crippen molar-refractivity contribution in [2.75, 3.05) is 18.2 Å². The molecule has 0 radical (unpaired) electrons. The van der Waals surface area contributed by atoms with Crippen molar-refractivity contribution in [1.82, 2.24) is 9.97 Å². The summed E-state index contributed by atoms with van der Waals surface area (Å²) in [5, 5.41) is 10.4. The molecule has 0 atom stereocenters. The third-order valence-corrected chi connectivity index (χ3v) is 3.67. The van der Waals surface area contributed by atoms with Crippen LogP contribution in [0.5, 0.6) is 5.75 Å². The summed E-state index contributed by atoms with van der Waals surface area (Å²) in [4.78, 5) is 17.2. The number of benzene rings is 2. The first-order valence-corrected chi connectivity index (χ1v) is 8.52. The Morgan fingerprint density at radius 1 is 1.10 bits per heavy atom. The number of aliphatic carboxylic acids is 1. The third kappa shape index (κ3) is 6.36. The lowest BCUT2D eigenvalue weighted by atomic mass is 10.0. The second-order valence-electron chi connectivity index (χ2n) is 5.96. The molecule has 158 valence electrons. The SMILES string of the molecule is COc1ccccc1-c1cccc(Nc2cc(C)nc(N)n2)c1.O=C(O)C(F)(F)F. The van der Waals surface area contributed by atoms with Crippen LogP contribution < -0.4 is 15.8 Å². The largest absolute Gasteiger partial charge is 0.496 e. The van der Waals surface area contributed by atoms with E-state index in [1.54, 1.807) is 7.11 Å². The number of alkyl halides is 3. The second-order valence-corrected chi connectivity index (χ2v) is 5.96. The third-order valence-electron chi connectivity index (χ3n) is 3.67. The van der Waals surface area contributed by atoms with Crippen molar-refractivity contribution in [3.8, 4) is 16.9 Å². The normalized spacial score (nSPS) is 10.6. The summed E-state index contributed by atoms with van der Waals surface area (Å²) in [5.41, 5.74) is 9.54. The van der Waals surface area contributed by atoms with E-state index in [2.05, 4.69) is 15.3 Å². The van der Waals surface area contributed by atoms with Crippen molar-refractivity contribution >= 4 is 23.4 Å². The van der Waals surface area contributed by atoms with Gasteiger partial charge in [-0.3, -0.25) is 0 Å². The van der Waals surface area contributed by atoms with Crippen molar-refractivity contribution in [3.63, 3.8) is 0 Å². The number of nitrogens with zero attached hydrogens (tertiary/aromatic N) is 2. The van der Waals surface area contributed by atoms with Gasteiger partial charge in [0.15, 0.2) is 0 Å². The molecule has 30 heavy (non-hydrogen) atoms. The van der Waals surface area contributed by atoms with Crippen molar-refractivity contribution in [2.24, 2.45) is 0 Å². The van der Waals surface area contributed by atoms with Gasteiger partial charge in [0.25, 0.3) is 0 Å². The lowest BCUT2D eigenvalue weighted by molar-refractivity contribution is -0.192. The summed E-state index contributed by atoms with van der Waals surface area (Å²) in [6.45, 7) is 1.88. The number of methoxy groups -OCH3 is 1. The number of aromatic nitrogens is 2. The molecule has 3 aromatic rings. The highest BCUT2D eigenvalue weighted by Crippen LogP contribution is 2.31.